The molecule has 3 aromatic heterocycles. The maximum Gasteiger partial charge on any atom is 0.220 e. The fourth-order valence-electron chi connectivity index (χ4n) is 4.57. The van der Waals surface area contributed by atoms with Gasteiger partial charge in [0.1, 0.15) is 0 Å². The van der Waals surface area contributed by atoms with E-state index in [-0.39, 0.29) is 11.9 Å². The third-order valence-corrected chi connectivity index (χ3v) is 7.48. The predicted octanol–water partition coefficient (Wildman–Crippen LogP) is 4.24. The molecule has 1 atom stereocenters. The van der Waals surface area contributed by atoms with Gasteiger partial charge in [-0.05, 0) is 76.1 Å². The van der Waals surface area contributed by atoms with E-state index in [2.05, 4.69) is 51.7 Å². The maximum absolute atomic E-state index is 12.7. The number of carbonyl (C=O) groups excluding carboxylic acids is 1. The summed E-state index contributed by atoms with van der Waals surface area (Å²) in [5.74, 6) is 0.897. The van der Waals surface area contributed by atoms with Crippen LogP contribution < -0.4 is 5.32 Å². The highest BCUT2D eigenvalue weighted by atomic mass is 32.1. The molecule has 1 amide bonds. The van der Waals surface area contributed by atoms with E-state index in [0.717, 1.165) is 47.3 Å². The number of nitrogens with one attached hydrogen (secondary N) is 1. The summed E-state index contributed by atoms with van der Waals surface area (Å²) in [5, 5.41) is 9.88. The van der Waals surface area contributed by atoms with Gasteiger partial charge >= 0.3 is 0 Å². The molecule has 0 radical (unpaired) electrons. The standard InChI is InChI=1S/C24H33N5OS/c1-16-9-11-28(12-10-16)21(22-6-5-13-31-22)15-25-24(30)8-7-20-18(3)26-23-14-17(2)27-29(23)19(20)4/h5-6,13-14,16,21H,7-12,15H2,1-4H3,(H,25,30)/t21-/m0/s1. The van der Waals surface area contributed by atoms with Crippen LogP contribution in [-0.2, 0) is 11.2 Å². The average Bonchev–Trinajstić information content (AvgIpc) is 3.39. The molecule has 166 valence electrons. The molecule has 1 aliphatic heterocycles. The van der Waals surface area contributed by atoms with Crippen molar-refractivity contribution in [2.45, 2.75) is 59.4 Å². The van der Waals surface area contributed by atoms with Crippen molar-refractivity contribution >= 4 is 22.9 Å². The molecule has 1 saturated heterocycles. The molecule has 0 bridgehead atoms. The van der Waals surface area contributed by atoms with Crippen LogP contribution in [-0.4, -0.2) is 45.0 Å². The number of fused-ring (bicyclic) bond motifs is 1. The Morgan fingerprint density at radius 3 is 2.77 bits per heavy atom. The van der Waals surface area contributed by atoms with Gasteiger partial charge in [0, 0.05) is 35.3 Å². The maximum atomic E-state index is 12.7. The van der Waals surface area contributed by atoms with Crippen LogP contribution in [0.1, 0.15) is 59.8 Å². The predicted molar refractivity (Wildman–Crippen MR) is 126 cm³/mol. The van der Waals surface area contributed by atoms with Gasteiger partial charge in [-0.3, -0.25) is 9.69 Å². The van der Waals surface area contributed by atoms with Crippen LogP contribution in [0.15, 0.2) is 23.6 Å². The Labute approximate surface area is 188 Å². The lowest BCUT2D eigenvalue weighted by Gasteiger charge is -2.36. The van der Waals surface area contributed by atoms with Crippen LogP contribution in [0.5, 0.6) is 0 Å². The lowest BCUT2D eigenvalue weighted by atomic mass is 9.97. The number of aromatic nitrogens is 3. The lowest BCUT2D eigenvalue weighted by Crippen LogP contribution is -2.41. The van der Waals surface area contributed by atoms with E-state index < -0.39 is 0 Å². The third-order valence-electron chi connectivity index (χ3n) is 6.51. The molecule has 4 rings (SSSR count). The van der Waals surface area contributed by atoms with E-state index in [0.29, 0.717) is 19.4 Å². The summed E-state index contributed by atoms with van der Waals surface area (Å²) in [5.41, 5.74) is 5.00. The summed E-state index contributed by atoms with van der Waals surface area (Å²) >= 11 is 1.78. The highest BCUT2D eigenvalue weighted by molar-refractivity contribution is 7.10. The minimum Gasteiger partial charge on any atom is -0.354 e. The molecule has 1 N–H and O–H groups in total. The minimum absolute atomic E-state index is 0.0995. The number of amides is 1. The van der Waals surface area contributed by atoms with Crippen molar-refractivity contribution in [2.75, 3.05) is 19.6 Å². The number of hydrogen-bond acceptors (Lipinski definition) is 5. The van der Waals surface area contributed by atoms with Crippen LogP contribution in [0.25, 0.3) is 5.65 Å². The summed E-state index contributed by atoms with van der Waals surface area (Å²) in [4.78, 5) is 21.3. The fraction of sp³-hybridized carbons (Fsp3) is 0.542. The molecule has 0 unspecified atom stereocenters. The summed E-state index contributed by atoms with van der Waals surface area (Å²) in [6.07, 6.45) is 3.60. The monoisotopic (exact) mass is 439 g/mol. The number of likely N-dealkylation sites (tertiary alicyclic amines) is 1. The van der Waals surface area contributed by atoms with E-state index in [1.54, 1.807) is 11.3 Å². The average molecular weight is 440 g/mol. The minimum atomic E-state index is 0.0995. The van der Waals surface area contributed by atoms with E-state index in [9.17, 15) is 4.79 Å². The van der Waals surface area contributed by atoms with Crippen molar-refractivity contribution in [3.05, 3.63) is 51.1 Å². The number of thiophene rings is 1. The van der Waals surface area contributed by atoms with E-state index in [4.69, 9.17) is 0 Å². The van der Waals surface area contributed by atoms with Crippen LogP contribution in [0.4, 0.5) is 0 Å². The molecule has 4 heterocycles. The molecule has 0 saturated carbocycles. The largest absolute Gasteiger partial charge is 0.354 e. The summed E-state index contributed by atoms with van der Waals surface area (Å²) in [6.45, 7) is 11.3. The summed E-state index contributed by atoms with van der Waals surface area (Å²) < 4.78 is 1.89. The highest BCUT2D eigenvalue weighted by Gasteiger charge is 2.25. The van der Waals surface area contributed by atoms with Gasteiger partial charge < -0.3 is 5.32 Å². The summed E-state index contributed by atoms with van der Waals surface area (Å²) in [6, 6.07) is 6.56. The molecular weight excluding hydrogens is 406 g/mol. The Morgan fingerprint density at radius 1 is 1.29 bits per heavy atom. The van der Waals surface area contributed by atoms with Crippen molar-refractivity contribution in [3.63, 3.8) is 0 Å². The van der Waals surface area contributed by atoms with Gasteiger partial charge in [-0.25, -0.2) is 9.50 Å². The second-order valence-corrected chi connectivity index (χ2v) is 9.85. The van der Waals surface area contributed by atoms with Gasteiger partial charge in [0.25, 0.3) is 0 Å². The van der Waals surface area contributed by atoms with Gasteiger partial charge in [0.05, 0.1) is 11.7 Å². The Hall–Kier alpha value is -2.25. The van der Waals surface area contributed by atoms with Crippen molar-refractivity contribution in [1.29, 1.82) is 0 Å². The number of aryl methyl sites for hydroxylation is 3. The Balaban J connectivity index is 1.38. The second-order valence-electron chi connectivity index (χ2n) is 8.87. The number of hydrogen-bond donors (Lipinski definition) is 1. The molecule has 3 aromatic rings. The number of piperidine rings is 1. The topological polar surface area (TPSA) is 62.5 Å². The van der Waals surface area contributed by atoms with Crippen molar-refractivity contribution in [3.8, 4) is 0 Å². The molecule has 0 spiro atoms. The zero-order valence-electron chi connectivity index (χ0n) is 19.0. The van der Waals surface area contributed by atoms with Gasteiger partial charge in [0.15, 0.2) is 5.65 Å². The van der Waals surface area contributed by atoms with Crippen LogP contribution in [0.3, 0.4) is 0 Å². The Morgan fingerprint density at radius 2 is 2.06 bits per heavy atom. The van der Waals surface area contributed by atoms with Crippen molar-refractivity contribution in [2.24, 2.45) is 5.92 Å². The lowest BCUT2D eigenvalue weighted by molar-refractivity contribution is -0.121. The molecule has 0 aromatic carbocycles. The van der Waals surface area contributed by atoms with Crippen LogP contribution >= 0.6 is 11.3 Å². The van der Waals surface area contributed by atoms with Gasteiger partial charge in [-0.15, -0.1) is 11.3 Å². The van der Waals surface area contributed by atoms with Gasteiger partial charge in [-0.1, -0.05) is 13.0 Å². The van der Waals surface area contributed by atoms with E-state index in [1.165, 1.54) is 17.7 Å². The number of carbonyl (C=O) groups is 1. The zero-order valence-corrected chi connectivity index (χ0v) is 19.8. The third kappa shape index (κ3) is 4.99. The second kappa shape index (κ2) is 9.49. The number of rotatable bonds is 7. The van der Waals surface area contributed by atoms with Crippen molar-refractivity contribution in [1.82, 2.24) is 24.8 Å². The van der Waals surface area contributed by atoms with E-state index in [1.807, 2.05) is 24.4 Å². The first-order valence-corrected chi connectivity index (χ1v) is 12.2. The summed E-state index contributed by atoms with van der Waals surface area (Å²) in [7, 11) is 0. The Bertz CT molecular complexity index is 1030. The van der Waals surface area contributed by atoms with Crippen molar-refractivity contribution < 1.29 is 4.79 Å². The molecule has 7 heteroatoms. The smallest absolute Gasteiger partial charge is 0.220 e. The van der Waals surface area contributed by atoms with Gasteiger partial charge in [0.2, 0.25) is 5.91 Å². The normalized spacial score (nSPS) is 16.6. The highest BCUT2D eigenvalue weighted by Crippen LogP contribution is 2.29. The van der Waals surface area contributed by atoms with Crippen LogP contribution in [0.2, 0.25) is 0 Å². The molecule has 31 heavy (non-hydrogen) atoms. The fourth-order valence-corrected chi connectivity index (χ4v) is 5.43. The first-order chi connectivity index (χ1) is 14.9. The van der Waals surface area contributed by atoms with E-state index >= 15 is 0 Å². The molecular formula is C24H33N5OS. The van der Waals surface area contributed by atoms with Crippen LogP contribution in [0, 0.1) is 26.7 Å². The molecule has 0 aliphatic carbocycles. The Kier molecular flexibility index (Phi) is 6.72. The quantitative estimate of drug-likeness (QED) is 0.598. The molecule has 1 aliphatic rings. The molecule has 1 fully saturated rings. The zero-order chi connectivity index (χ0) is 22.0. The molecule has 6 nitrogen and oxygen atoms in total. The number of nitrogens with zero attached hydrogens (tertiary/aromatic N) is 4. The first-order valence-electron chi connectivity index (χ1n) is 11.3. The van der Waals surface area contributed by atoms with Gasteiger partial charge in [-0.2, -0.15) is 5.10 Å². The first kappa shape index (κ1) is 22.0. The SMILES string of the molecule is Cc1cc2nc(C)c(CCC(=O)NC[C@@H](c3cccs3)N3CCC(C)CC3)c(C)n2n1.